The number of benzene rings is 1. The number of allylic oxidation sites excluding steroid dienone is 4. The van der Waals surface area contributed by atoms with E-state index in [9.17, 15) is 0 Å². The van der Waals surface area contributed by atoms with E-state index in [1.54, 1.807) is 11.1 Å². The van der Waals surface area contributed by atoms with E-state index in [1.165, 1.54) is 49.7 Å². The lowest BCUT2D eigenvalue weighted by molar-refractivity contribution is 0.456. The van der Waals surface area contributed by atoms with Gasteiger partial charge in [-0.2, -0.15) is 0 Å². The Labute approximate surface area is 117 Å². The third kappa shape index (κ3) is 1.81. The molecule has 0 aliphatic heterocycles. The third-order valence-electron chi connectivity index (χ3n) is 5.07. The Balaban J connectivity index is 2.22. The smallest absolute Gasteiger partial charge is 0.0211 e. The van der Waals surface area contributed by atoms with Gasteiger partial charge in [-0.1, -0.05) is 62.1 Å². The van der Waals surface area contributed by atoms with Crippen LogP contribution in [-0.2, 0) is 5.41 Å². The van der Waals surface area contributed by atoms with Crippen LogP contribution >= 0.6 is 0 Å². The fourth-order valence-electron chi connectivity index (χ4n) is 4.30. The molecule has 1 aromatic rings. The highest BCUT2D eigenvalue weighted by molar-refractivity contribution is 5.89. The minimum atomic E-state index is 0.323. The fraction of sp³-hybridized carbons (Fsp3) is 0.474. The first-order chi connectivity index (χ1) is 9.33. The average Bonchev–Trinajstić information content (AvgIpc) is 2.59. The van der Waals surface area contributed by atoms with Crippen molar-refractivity contribution in [1.82, 2.24) is 0 Å². The van der Waals surface area contributed by atoms with Gasteiger partial charge in [0, 0.05) is 5.41 Å². The maximum Gasteiger partial charge on any atom is 0.0211 e. The van der Waals surface area contributed by atoms with Crippen molar-refractivity contribution in [2.24, 2.45) is 0 Å². The second kappa shape index (κ2) is 5.00. The van der Waals surface area contributed by atoms with Gasteiger partial charge in [0.05, 0.1) is 0 Å². The van der Waals surface area contributed by atoms with E-state index in [0.29, 0.717) is 5.41 Å². The lowest BCUT2D eigenvalue weighted by Gasteiger charge is -2.31. The van der Waals surface area contributed by atoms with Gasteiger partial charge in [0.2, 0.25) is 0 Å². The minimum Gasteiger partial charge on any atom is -0.0829 e. The van der Waals surface area contributed by atoms with Crippen molar-refractivity contribution in [3.05, 3.63) is 53.1 Å². The molecule has 0 nitrogen and oxygen atoms in total. The zero-order valence-corrected chi connectivity index (χ0v) is 12.2. The van der Waals surface area contributed by atoms with Gasteiger partial charge >= 0.3 is 0 Å². The Morgan fingerprint density at radius 1 is 0.895 bits per heavy atom. The van der Waals surface area contributed by atoms with Crippen LogP contribution in [0.25, 0.3) is 5.57 Å². The van der Waals surface area contributed by atoms with E-state index in [-0.39, 0.29) is 0 Å². The molecule has 0 bridgehead atoms. The first-order valence-corrected chi connectivity index (χ1v) is 7.77. The molecule has 1 saturated carbocycles. The Hall–Kier alpha value is -1.30. The molecule has 0 atom stereocenters. The lowest BCUT2D eigenvalue weighted by Crippen LogP contribution is -2.24. The molecule has 0 aromatic heterocycles. The molecule has 0 unspecified atom stereocenters. The predicted molar refractivity (Wildman–Crippen MR) is 83.2 cm³/mol. The van der Waals surface area contributed by atoms with Crippen LogP contribution in [0.2, 0.25) is 0 Å². The molecule has 3 rings (SSSR count). The largest absolute Gasteiger partial charge is 0.0829 e. The molecule has 0 heteroatoms. The quantitative estimate of drug-likeness (QED) is 0.560. The molecule has 0 N–H and O–H groups in total. The molecule has 1 spiro atoms. The SMILES string of the molecule is CC=C1/C(=C\C)c2ccccc2C12CCCCCC2. The highest BCUT2D eigenvalue weighted by Gasteiger charge is 2.44. The molecule has 0 saturated heterocycles. The molecule has 1 aromatic carbocycles. The summed E-state index contributed by atoms with van der Waals surface area (Å²) in [4.78, 5) is 0. The van der Waals surface area contributed by atoms with Gasteiger partial charge in [-0.25, -0.2) is 0 Å². The minimum absolute atomic E-state index is 0.323. The molecule has 19 heavy (non-hydrogen) atoms. The monoisotopic (exact) mass is 252 g/mol. The zero-order chi connectivity index (χ0) is 13.3. The maximum atomic E-state index is 2.38. The van der Waals surface area contributed by atoms with Crippen LogP contribution in [0.1, 0.15) is 63.5 Å². The van der Waals surface area contributed by atoms with Crippen LogP contribution in [0.4, 0.5) is 0 Å². The van der Waals surface area contributed by atoms with Crippen molar-refractivity contribution in [3.8, 4) is 0 Å². The highest BCUT2D eigenvalue weighted by atomic mass is 14.5. The summed E-state index contributed by atoms with van der Waals surface area (Å²) < 4.78 is 0. The predicted octanol–water partition coefficient (Wildman–Crippen LogP) is 5.64. The summed E-state index contributed by atoms with van der Waals surface area (Å²) in [5, 5.41) is 0. The second-order valence-corrected chi connectivity index (χ2v) is 5.95. The number of fused-ring (bicyclic) bond motifs is 2. The van der Waals surface area contributed by atoms with Crippen LogP contribution in [-0.4, -0.2) is 0 Å². The first-order valence-electron chi connectivity index (χ1n) is 7.77. The molecule has 0 heterocycles. The van der Waals surface area contributed by atoms with Crippen LogP contribution in [0.5, 0.6) is 0 Å². The van der Waals surface area contributed by atoms with E-state index >= 15 is 0 Å². The summed E-state index contributed by atoms with van der Waals surface area (Å²) >= 11 is 0. The molecule has 1 fully saturated rings. The van der Waals surface area contributed by atoms with Crippen LogP contribution in [0.3, 0.4) is 0 Å². The van der Waals surface area contributed by atoms with Crippen molar-refractivity contribution in [2.75, 3.05) is 0 Å². The van der Waals surface area contributed by atoms with Gasteiger partial charge in [0.25, 0.3) is 0 Å². The summed E-state index contributed by atoms with van der Waals surface area (Å²) in [7, 11) is 0. The highest BCUT2D eigenvalue weighted by Crippen LogP contribution is 2.55. The second-order valence-electron chi connectivity index (χ2n) is 5.95. The summed E-state index contributed by atoms with van der Waals surface area (Å²) in [5.74, 6) is 0. The van der Waals surface area contributed by atoms with E-state index < -0.39 is 0 Å². The van der Waals surface area contributed by atoms with E-state index in [4.69, 9.17) is 0 Å². The van der Waals surface area contributed by atoms with Crippen molar-refractivity contribution in [3.63, 3.8) is 0 Å². The van der Waals surface area contributed by atoms with Crippen LogP contribution in [0.15, 0.2) is 42.0 Å². The van der Waals surface area contributed by atoms with Gasteiger partial charge in [-0.15, -0.1) is 0 Å². The molecule has 0 amide bonds. The van der Waals surface area contributed by atoms with Gasteiger partial charge in [0.15, 0.2) is 0 Å². The molecular formula is C19H24. The summed E-state index contributed by atoms with van der Waals surface area (Å²) in [6, 6.07) is 9.09. The zero-order valence-electron chi connectivity index (χ0n) is 12.2. The van der Waals surface area contributed by atoms with Gasteiger partial charge in [-0.05, 0) is 49.0 Å². The maximum absolute atomic E-state index is 2.38. The lowest BCUT2D eigenvalue weighted by atomic mass is 9.72. The Morgan fingerprint density at radius 3 is 2.21 bits per heavy atom. The third-order valence-corrected chi connectivity index (χ3v) is 5.07. The Bertz CT molecular complexity index is 523. The number of hydrogen-bond donors (Lipinski definition) is 0. The Kier molecular flexibility index (Phi) is 3.35. The Morgan fingerprint density at radius 2 is 1.58 bits per heavy atom. The molecular weight excluding hydrogens is 228 g/mol. The van der Waals surface area contributed by atoms with Gasteiger partial charge in [0.1, 0.15) is 0 Å². The number of hydrogen-bond acceptors (Lipinski definition) is 0. The molecule has 100 valence electrons. The summed E-state index contributed by atoms with van der Waals surface area (Å²) in [6.45, 7) is 4.41. The van der Waals surface area contributed by atoms with Crippen LogP contribution in [0, 0.1) is 0 Å². The van der Waals surface area contributed by atoms with Crippen molar-refractivity contribution in [1.29, 1.82) is 0 Å². The van der Waals surface area contributed by atoms with Crippen LogP contribution < -0.4 is 0 Å². The van der Waals surface area contributed by atoms with E-state index in [2.05, 4.69) is 50.3 Å². The van der Waals surface area contributed by atoms with Gasteiger partial charge < -0.3 is 0 Å². The fourth-order valence-corrected chi connectivity index (χ4v) is 4.30. The summed E-state index contributed by atoms with van der Waals surface area (Å²) in [5.41, 5.74) is 6.49. The molecule has 2 aliphatic rings. The van der Waals surface area contributed by atoms with E-state index in [1.807, 2.05) is 0 Å². The van der Waals surface area contributed by atoms with Crippen molar-refractivity contribution >= 4 is 5.57 Å². The van der Waals surface area contributed by atoms with Gasteiger partial charge in [-0.3, -0.25) is 0 Å². The van der Waals surface area contributed by atoms with Crippen molar-refractivity contribution in [2.45, 2.75) is 57.8 Å². The molecule has 2 aliphatic carbocycles. The summed E-state index contributed by atoms with van der Waals surface area (Å²) in [6.07, 6.45) is 12.9. The van der Waals surface area contributed by atoms with E-state index in [0.717, 1.165) is 0 Å². The standard InChI is InChI=1S/C19H24/c1-3-15-16-11-7-8-12-18(16)19(17(15)4-2)13-9-5-6-10-14-19/h3-4,7-8,11-12H,5-6,9-10,13-14H2,1-2H3/b15-3-,17-4?. The normalized spacial score (nSPS) is 25.8. The number of rotatable bonds is 0. The topological polar surface area (TPSA) is 0 Å². The molecule has 0 radical (unpaired) electrons. The first kappa shape index (κ1) is 12.7. The average molecular weight is 252 g/mol. The van der Waals surface area contributed by atoms with Crippen molar-refractivity contribution < 1.29 is 0 Å².